The van der Waals surface area contributed by atoms with Crippen molar-refractivity contribution in [3.8, 4) is 22.3 Å². The molecule has 0 atom stereocenters. The van der Waals surface area contributed by atoms with Gasteiger partial charge in [-0.1, -0.05) is 167 Å². The number of hydrogen-bond acceptors (Lipinski definition) is 2. The van der Waals surface area contributed by atoms with Gasteiger partial charge in [-0.05, 0) is 81.2 Å². The van der Waals surface area contributed by atoms with E-state index in [0.717, 1.165) is 11.4 Å². The standard InChI is InChI=1S/C52H42N2/c1-51(2)43-25-14-13-24-41(43)42-33-31-38(34-45(42)51)53(37-21-9-6-10-22-37)47-28-17-29-48-49(47)52(3,4)44-26-15-16-27-46(44)54(48)50-39-23-12-11-20-36(39)30-32-40(50)35-18-7-5-8-19-35/h5-34H,1-4H3. The van der Waals surface area contributed by atoms with E-state index in [9.17, 15) is 0 Å². The largest absolute Gasteiger partial charge is 0.310 e. The lowest BCUT2D eigenvalue weighted by Gasteiger charge is -2.45. The summed E-state index contributed by atoms with van der Waals surface area (Å²) in [5, 5.41) is 2.45. The van der Waals surface area contributed by atoms with Crippen molar-refractivity contribution in [1.29, 1.82) is 0 Å². The zero-order valence-electron chi connectivity index (χ0n) is 31.2. The summed E-state index contributed by atoms with van der Waals surface area (Å²) >= 11 is 0. The normalized spacial score (nSPS) is 14.6. The number of benzene rings is 8. The van der Waals surface area contributed by atoms with Gasteiger partial charge in [-0.3, -0.25) is 0 Å². The Labute approximate surface area is 318 Å². The quantitative estimate of drug-likeness (QED) is 0.177. The highest BCUT2D eigenvalue weighted by molar-refractivity contribution is 6.08. The third-order valence-electron chi connectivity index (χ3n) is 12.0. The molecule has 1 heterocycles. The van der Waals surface area contributed by atoms with Gasteiger partial charge < -0.3 is 9.80 Å². The summed E-state index contributed by atoms with van der Waals surface area (Å²) in [4.78, 5) is 5.04. The van der Waals surface area contributed by atoms with Gasteiger partial charge in [-0.25, -0.2) is 0 Å². The van der Waals surface area contributed by atoms with Crippen LogP contribution >= 0.6 is 0 Å². The predicted octanol–water partition coefficient (Wildman–Crippen LogP) is 14.4. The number of anilines is 6. The first-order valence-corrected chi connectivity index (χ1v) is 19.0. The molecule has 0 spiro atoms. The average molecular weight is 695 g/mol. The van der Waals surface area contributed by atoms with Crippen molar-refractivity contribution in [2.24, 2.45) is 0 Å². The van der Waals surface area contributed by atoms with E-state index < -0.39 is 0 Å². The van der Waals surface area contributed by atoms with Crippen LogP contribution in [0.3, 0.4) is 0 Å². The van der Waals surface area contributed by atoms with Gasteiger partial charge in [0.05, 0.1) is 22.7 Å². The maximum atomic E-state index is 2.55. The molecule has 0 fully saturated rings. The maximum absolute atomic E-state index is 2.55. The number of nitrogens with zero attached hydrogens (tertiary/aromatic N) is 2. The van der Waals surface area contributed by atoms with Crippen LogP contribution < -0.4 is 9.80 Å². The van der Waals surface area contributed by atoms with Crippen LogP contribution in [0.25, 0.3) is 33.0 Å². The molecule has 0 saturated carbocycles. The van der Waals surface area contributed by atoms with Crippen LogP contribution in [0.4, 0.5) is 34.1 Å². The summed E-state index contributed by atoms with van der Waals surface area (Å²) in [5.41, 5.74) is 17.1. The molecule has 8 aromatic carbocycles. The smallest absolute Gasteiger partial charge is 0.0618 e. The minimum absolute atomic E-state index is 0.113. The number of rotatable bonds is 5. The van der Waals surface area contributed by atoms with Crippen LogP contribution in [0, 0.1) is 0 Å². The van der Waals surface area contributed by atoms with Crippen LogP contribution in [0.5, 0.6) is 0 Å². The molecule has 0 N–H and O–H groups in total. The van der Waals surface area contributed by atoms with E-state index in [0.29, 0.717) is 0 Å². The van der Waals surface area contributed by atoms with E-state index in [1.54, 1.807) is 0 Å². The number of para-hydroxylation sites is 2. The van der Waals surface area contributed by atoms with Gasteiger partial charge >= 0.3 is 0 Å². The first kappa shape index (κ1) is 32.3. The molecule has 0 radical (unpaired) electrons. The molecule has 54 heavy (non-hydrogen) atoms. The Morgan fingerprint density at radius 1 is 0.426 bits per heavy atom. The van der Waals surface area contributed by atoms with Crippen molar-refractivity contribution in [2.45, 2.75) is 38.5 Å². The predicted molar refractivity (Wildman–Crippen MR) is 228 cm³/mol. The first-order chi connectivity index (χ1) is 26.3. The summed E-state index contributed by atoms with van der Waals surface area (Å²) in [6.45, 7) is 9.53. The Morgan fingerprint density at radius 3 is 1.87 bits per heavy atom. The third-order valence-corrected chi connectivity index (χ3v) is 12.0. The molecule has 2 heteroatoms. The van der Waals surface area contributed by atoms with E-state index >= 15 is 0 Å². The van der Waals surface area contributed by atoms with Crippen LogP contribution in [-0.2, 0) is 10.8 Å². The molecule has 0 bridgehead atoms. The fraction of sp³-hybridized carbons (Fsp3) is 0.115. The molecule has 0 amide bonds. The van der Waals surface area contributed by atoms with Crippen LogP contribution in [0.2, 0.25) is 0 Å². The summed E-state index contributed by atoms with van der Waals surface area (Å²) in [7, 11) is 0. The average Bonchev–Trinajstić information content (AvgIpc) is 3.44. The van der Waals surface area contributed by atoms with Crippen LogP contribution in [0.1, 0.15) is 49.9 Å². The molecule has 0 aromatic heterocycles. The van der Waals surface area contributed by atoms with Gasteiger partial charge in [0.1, 0.15) is 0 Å². The molecule has 1 aliphatic heterocycles. The van der Waals surface area contributed by atoms with Crippen molar-refractivity contribution >= 4 is 44.9 Å². The van der Waals surface area contributed by atoms with Crippen molar-refractivity contribution < 1.29 is 0 Å². The SMILES string of the molecule is CC1(C)c2ccccc2-c2ccc(N(c3ccccc3)c3cccc4c3C(C)(C)c3ccccc3N4c3c(-c4ccccc4)ccc4ccccc34)cc21. The van der Waals surface area contributed by atoms with Gasteiger partial charge in [0.2, 0.25) is 0 Å². The maximum Gasteiger partial charge on any atom is 0.0618 e. The van der Waals surface area contributed by atoms with Gasteiger partial charge in [-0.15, -0.1) is 0 Å². The van der Waals surface area contributed by atoms with Crippen molar-refractivity contribution in [3.05, 3.63) is 204 Å². The topological polar surface area (TPSA) is 6.48 Å². The molecule has 0 unspecified atom stereocenters. The van der Waals surface area contributed by atoms with Crippen LogP contribution in [0.15, 0.2) is 182 Å². The lowest BCUT2D eigenvalue weighted by Crippen LogP contribution is -2.32. The zero-order chi connectivity index (χ0) is 36.6. The van der Waals surface area contributed by atoms with E-state index in [4.69, 9.17) is 0 Å². The Kier molecular flexibility index (Phi) is 7.22. The molecule has 2 aliphatic rings. The summed E-state index contributed by atoms with van der Waals surface area (Å²) in [6, 6.07) is 67.1. The summed E-state index contributed by atoms with van der Waals surface area (Å²) in [5.74, 6) is 0. The minimum Gasteiger partial charge on any atom is -0.310 e. The van der Waals surface area contributed by atoms with Gasteiger partial charge in [0, 0.05) is 38.7 Å². The van der Waals surface area contributed by atoms with Crippen molar-refractivity contribution in [3.63, 3.8) is 0 Å². The van der Waals surface area contributed by atoms with Gasteiger partial charge in [-0.2, -0.15) is 0 Å². The minimum atomic E-state index is -0.324. The van der Waals surface area contributed by atoms with Crippen LogP contribution in [-0.4, -0.2) is 0 Å². The van der Waals surface area contributed by atoms with E-state index in [1.165, 1.54) is 78.0 Å². The molecule has 260 valence electrons. The van der Waals surface area contributed by atoms with E-state index in [1.807, 2.05) is 0 Å². The lowest BCUT2D eigenvalue weighted by atomic mass is 9.72. The second kappa shape index (κ2) is 12.1. The number of hydrogen-bond donors (Lipinski definition) is 0. The highest BCUT2D eigenvalue weighted by Crippen LogP contribution is 2.59. The van der Waals surface area contributed by atoms with Crippen molar-refractivity contribution in [1.82, 2.24) is 0 Å². The molecular weight excluding hydrogens is 653 g/mol. The number of fused-ring (bicyclic) bond motifs is 6. The molecule has 8 aromatic rings. The van der Waals surface area contributed by atoms with E-state index in [-0.39, 0.29) is 10.8 Å². The fourth-order valence-corrected chi connectivity index (χ4v) is 9.43. The third kappa shape index (κ3) is 4.73. The lowest BCUT2D eigenvalue weighted by molar-refractivity contribution is 0.632. The van der Waals surface area contributed by atoms with E-state index in [2.05, 4.69) is 219 Å². The first-order valence-electron chi connectivity index (χ1n) is 19.0. The molecule has 1 aliphatic carbocycles. The Balaban J connectivity index is 1.27. The van der Waals surface area contributed by atoms with Gasteiger partial charge in [0.15, 0.2) is 0 Å². The fourth-order valence-electron chi connectivity index (χ4n) is 9.43. The molecule has 2 nitrogen and oxygen atoms in total. The molecule has 10 rings (SSSR count). The monoisotopic (exact) mass is 694 g/mol. The summed E-state index contributed by atoms with van der Waals surface area (Å²) in [6.07, 6.45) is 0. The molecular formula is C52H42N2. The zero-order valence-corrected chi connectivity index (χ0v) is 31.2. The second-order valence-electron chi connectivity index (χ2n) is 15.8. The van der Waals surface area contributed by atoms with Crippen molar-refractivity contribution in [2.75, 3.05) is 9.80 Å². The highest BCUT2D eigenvalue weighted by Gasteiger charge is 2.41. The Hall–Kier alpha value is -6.38. The molecule has 0 saturated heterocycles. The second-order valence-corrected chi connectivity index (χ2v) is 15.8. The highest BCUT2D eigenvalue weighted by atomic mass is 15.2. The summed E-state index contributed by atoms with van der Waals surface area (Å²) < 4.78 is 0. The van der Waals surface area contributed by atoms with Gasteiger partial charge in [0.25, 0.3) is 0 Å². The Bertz CT molecular complexity index is 2720. The Morgan fingerprint density at radius 2 is 1.06 bits per heavy atom.